The van der Waals surface area contributed by atoms with Crippen molar-refractivity contribution in [3.63, 3.8) is 0 Å². The van der Waals surface area contributed by atoms with Crippen molar-refractivity contribution in [1.82, 2.24) is 5.32 Å². The minimum atomic E-state index is -0.195. The summed E-state index contributed by atoms with van der Waals surface area (Å²) in [6.07, 6.45) is 1.80. The second kappa shape index (κ2) is 7.33. The molecule has 0 saturated carbocycles. The van der Waals surface area contributed by atoms with Gasteiger partial charge in [-0.3, -0.25) is 9.59 Å². The maximum Gasteiger partial charge on any atom is 0.262 e. The summed E-state index contributed by atoms with van der Waals surface area (Å²) < 4.78 is 0. The maximum absolute atomic E-state index is 12.4. The molecule has 0 aliphatic carbocycles. The molecule has 6 heteroatoms. The fourth-order valence-corrected chi connectivity index (χ4v) is 3.53. The Balaban J connectivity index is 1.86. The van der Waals surface area contributed by atoms with Crippen LogP contribution in [0.5, 0.6) is 0 Å². The number of hydrogen-bond acceptors (Lipinski definition) is 3. The molecule has 2 amide bonds. The van der Waals surface area contributed by atoms with Crippen molar-refractivity contribution in [2.45, 2.75) is 24.8 Å². The Hall–Kier alpha value is -2.24. The summed E-state index contributed by atoms with van der Waals surface area (Å²) in [7, 11) is 0. The number of halogens is 1. The highest BCUT2D eigenvalue weighted by atomic mass is 35.5. The highest BCUT2D eigenvalue weighted by Crippen LogP contribution is 2.39. The SMILES string of the molecule is CC(C)NC(=O)c1ccc2c(c1)NC(=O)C(=Cc1cccc(Cl)c1)S2. The van der Waals surface area contributed by atoms with E-state index in [4.69, 9.17) is 11.6 Å². The number of hydrogen-bond donors (Lipinski definition) is 2. The van der Waals surface area contributed by atoms with Gasteiger partial charge in [-0.15, -0.1) is 0 Å². The van der Waals surface area contributed by atoms with Gasteiger partial charge in [0, 0.05) is 21.5 Å². The molecule has 0 fully saturated rings. The first-order valence-corrected chi connectivity index (χ1v) is 9.03. The van der Waals surface area contributed by atoms with E-state index in [0.29, 0.717) is 21.2 Å². The monoisotopic (exact) mass is 372 g/mol. The average Bonchev–Trinajstić information content (AvgIpc) is 2.54. The van der Waals surface area contributed by atoms with Crippen LogP contribution in [0, 0.1) is 0 Å². The van der Waals surface area contributed by atoms with E-state index < -0.39 is 0 Å². The van der Waals surface area contributed by atoms with Crippen molar-refractivity contribution >= 4 is 46.9 Å². The Morgan fingerprint density at radius 2 is 2.04 bits per heavy atom. The Labute approximate surface area is 155 Å². The first-order chi connectivity index (χ1) is 11.9. The van der Waals surface area contributed by atoms with Gasteiger partial charge in [0.1, 0.15) is 0 Å². The summed E-state index contributed by atoms with van der Waals surface area (Å²) >= 11 is 7.36. The molecule has 2 aromatic rings. The number of carbonyl (C=O) groups is 2. The van der Waals surface area contributed by atoms with E-state index in [1.807, 2.05) is 32.0 Å². The molecule has 1 aliphatic rings. The molecular weight excluding hydrogens is 356 g/mol. The first kappa shape index (κ1) is 17.6. The van der Waals surface area contributed by atoms with E-state index in [1.54, 1.807) is 30.3 Å². The van der Waals surface area contributed by atoms with Crippen LogP contribution in [0.1, 0.15) is 29.8 Å². The van der Waals surface area contributed by atoms with Crippen LogP contribution in [0.25, 0.3) is 6.08 Å². The summed E-state index contributed by atoms with van der Waals surface area (Å²) in [5.41, 5.74) is 2.03. The lowest BCUT2D eigenvalue weighted by atomic mass is 10.1. The molecule has 0 bridgehead atoms. The molecule has 0 spiro atoms. The summed E-state index contributed by atoms with van der Waals surface area (Å²) in [5.74, 6) is -0.351. The van der Waals surface area contributed by atoms with E-state index >= 15 is 0 Å². The van der Waals surface area contributed by atoms with Crippen LogP contribution >= 0.6 is 23.4 Å². The zero-order valence-corrected chi connectivity index (χ0v) is 15.4. The fourth-order valence-electron chi connectivity index (χ4n) is 2.39. The molecule has 2 N–H and O–H groups in total. The van der Waals surface area contributed by atoms with Gasteiger partial charge in [-0.1, -0.05) is 35.5 Å². The highest BCUT2D eigenvalue weighted by Gasteiger charge is 2.22. The molecule has 0 unspecified atom stereocenters. The molecule has 1 aliphatic heterocycles. The Kier molecular flexibility index (Phi) is 5.16. The van der Waals surface area contributed by atoms with Crippen molar-refractivity contribution in [2.75, 3.05) is 5.32 Å². The van der Waals surface area contributed by atoms with Gasteiger partial charge in [0.25, 0.3) is 11.8 Å². The highest BCUT2D eigenvalue weighted by molar-refractivity contribution is 8.04. The summed E-state index contributed by atoms with van der Waals surface area (Å²) in [5, 5.41) is 6.32. The number of nitrogens with one attached hydrogen (secondary N) is 2. The summed E-state index contributed by atoms with van der Waals surface area (Å²) in [4.78, 5) is 26.0. The summed E-state index contributed by atoms with van der Waals surface area (Å²) in [6.45, 7) is 3.81. The van der Waals surface area contributed by atoms with Crippen molar-refractivity contribution in [2.24, 2.45) is 0 Å². The number of anilines is 1. The van der Waals surface area contributed by atoms with Crippen molar-refractivity contribution in [3.05, 3.63) is 63.5 Å². The van der Waals surface area contributed by atoms with Crippen LogP contribution in [0.15, 0.2) is 52.3 Å². The number of thioether (sulfide) groups is 1. The van der Waals surface area contributed by atoms with Crippen LogP contribution in [0.4, 0.5) is 5.69 Å². The van der Waals surface area contributed by atoms with Crippen molar-refractivity contribution in [3.8, 4) is 0 Å². The second-order valence-corrected chi connectivity index (χ2v) is 7.48. The smallest absolute Gasteiger partial charge is 0.262 e. The predicted molar refractivity (Wildman–Crippen MR) is 103 cm³/mol. The third-order valence-corrected chi connectivity index (χ3v) is 4.83. The van der Waals surface area contributed by atoms with E-state index in [0.717, 1.165) is 10.5 Å². The van der Waals surface area contributed by atoms with Crippen LogP contribution in [0.2, 0.25) is 5.02 Å². The molecule has 4 nitrogen and oxygen atoms in total. The third kappa shape index (κ3) is 4.24. The molecule has 0 atom stereocenters. The Bertz CT molecular complexity index is 877. The molecule has 0 aromatic heterocycles. The molecule has 0 radical (unpaired) electrons. The number of amides is 2. The van der Waals surface area contributed by atoms with E-state index in [1.165, 1.54) is 11.8 Å². The molecule has 128 valence electrons. The average molecular weight is 373 g/mol. The van der Waals surface area contributed by atoms with Gasteiger partial charge in [0.2, 0.25) is 0 Å². The zero-order valence-electron chi connectivity index (χ0n) is 13.8. The van der Waals surface area contributed by atoms with Gasteiger partial charge < -0.3 is 10.6 Å². The lowest BCUT2D eigenvalue weighted by molar-refractivity contribution is -0.112. The normalized spacial score (nSPS) is 15.0. The number of benzene rings is 2. The molecule has 2 aromatic carbocycles. The predicted octanol–water partition coefficient (Wildman–Crippen LogP) is 4.56. The largest absolute Gasteiger partial charge is 0.350 e. The lowest BCUT2D eigenvalue weighted by Gasteiger charge is -2.19. The second-order valence-electron chi connectivity index (χ2n) is 5.96. The first-order valence-electron chi connectivity index (χ1n) is 7.84. The molecule has 1 heterocycles. The van der Waals surface area contributed by atoms with Gasteiger partial charge in [0.15, 0.2) is 0 Å². The molecular formula is C19H17ClN2O2S. The van der Waals surface area contributed by atoms with Crippen LogP contribution < -0.4 is 10.6 Å². The Morgan fingerprint density at radius 3 is 2.76 bits per heavy atom. The van der Waals surface area contributed by atoms with Crippen LogP contribution in [-0.4, -0.2) is 17.9 Å². The van der Waals surface area contributed by atoms with E-state index in [2.05, 4.69) is 10.6 Å². The molecule has 25 heavy (non-hydrogen) atoms. The van der Waals surface area contributed by atoms with Crippen LogP contribution in [-0.2, 0) is 4.79 Å². The van der Waals surface area contributed by atoms with Crippen molar-refractivity contribution < 1.29 is 9.59 Å². The minimum Gasteiger partial charge on any atom is -0.350 e. The van der Waals surface area contributed by atoms with Crippen molar-refractivity contribution in [1.29, 1.82) is 0 Å². The number of rotatable bonds is 3. The van der Waals surface area contributed by atoms with Gasteiger partial charge in [-0.2, -0.15) is 0 Å². The minimum absolute atomic E-state index is 0.0553. The number of carbonyl (C=O) groups excluding carboxylic acids is 2. The third-order valence-electron chi connectivity index (χ3n) is 3.50. The lowest BCUT2D eigenvalue weighted by Crippen LogP contribution is -2.30. The van der Waals surface area contributed by atoms with Gasteiger partial charge in [0.05, 0.1) is 10.6 Å². The topological polar surface area (TPSA) is 58.2 Å². The van der Waals surface area contributed by atoms with Gasteiger partial charge >= 0.3 is 0 Å². The number of fused-ring (bicyclic) bond motifs is 1. The summed E-state index contributed by atoms with van der Waals surface area (Å²) in [6, 6.07) is 12.7. The van der Waals surface area contributed by atoms with Gasteiger partial charge in [-0.05, 0) is 55.8 Å². The molecule has 0 saturated heterocycles. The fraction of sp³-hybridized carbons (Fsp3) is 0.158. The molecule has 3 rings (SSSR count). The van der Waals surface area contributed by atoms with E-state index in [9.17, 15) is 9.59 Å². The maximum atomic E-state index is 12.4. The van der Waals surface area contributed by atoms with Crippen LogP contribution in [0.3, 0.4) is 0 Å². The van der Waals surface area contributed by atoms with E-state index in [-0.39, 0.29) is 17.9 Å². The quantitative estimate of drug-likeness (QED) is 0.776. The van der Waals surface area contributed by atoms with Gasteiger partial charge in [-0.25, -0.2) is 0 Å². The standard InChI is InChI=1S/C19H17ClN2O2S/c1-11(2)21-18(23)13-6-7-16-15(10-13)22-19(24)17(25-16)9-12-4-3-5-14(20)8-12/h3-11H,1-2H3,(H,21,23)(H,22,24). The Morgan fingerprint density at radius 1 is 1.24 bits per heavy atom. The zero-order chi connectivity index (χ0) is 18.0.